The van der Waals surface area contributed by atoms with Crippen LogP contribution in [0.25, 0.3) is 11.1 Å². The zero-order valence-electron chi connectivity index (χ0n) is 16.9. The van der Waals surface area contributed by atoms with Crippen LogP contribution in [-0.4, -0.2) is 17.0 Å². The molecular weight excluding hydrogens is 543 g/mol. The molecule has 0 aromatic heterocycles. The van der Waals surface area contributed by atoms with Gasteiger partial charge in [-0.3, -0.25) is 0 Å². The Kier molecular flexibility index (Phi) is 6.71. The summed E-state index contributed by atoms with van der Waals surface area (Å²) in [6, 6.07) is 21.0. The first-order valence-electron chi connectivity index (χ1n) is 9.68. The van der Waals surface area contributed by atoms with E-state index in [1.807, 2.05) is 30.3 Å². The molecule has 1 aliphatic carbocycles. The van der Waals surface area contributed by atoms with Gasteiger partial charge in [-0.1, -0.05) is 61.5 Å². The summed E-state index contributed by atoms with van der Waals surface area (Å²) in [5, 5.41) is 9.31. The maximum atomic E-state index is 12.9. The van der Waals surface area contributed by atoms with E-state index in [2.05, 4.69) is 25.1 Å². The molecule has 4 nitrogen and oxygen atoms in total. The largest absolute Gasteiger partial charge is 0.478 e. The molecule has 0 heterocycles. The second-order valence-corrected chi connectivity index (χ2v) is 7.53. The van der Waals surface area contributed by atoms with Gasteiger partial charge < -0.3 is 9.84 Å². The number of hydrogen-bond donors (Lipinski definition) is 1. The standard InChI is InChI=1S/C25H22O4.Hf/c1-15-14-22-20(17-8-4-3-5-9-17)12-7-13-21(22)23(15)29-25(28)19-11-6-10-18(16(19)2)24(26)27;/h3-13,15,23H,14H2,1-2H3,(H,26,27);. The average molecular weight is 565 g/mol. The third kappa shape index (κ3) is 4.04. The zero-order chi connectivity index (χ0) is 20.5. The first-order chi connectivity index (χ1) is 14.0. The molecule has 2 unspecified atom stereocenters. The van der Waals surface area contributed by atoms with Gasteiger partial charge >= 0.3 is 11.9 Å². The number of ether oxygens (including phenoxy) is 1. The Balaban J connectivity index is 0.00000256. The normalized spacial score (nSPS) is 17.0. The fraction of sp³-hybridized carbons (Fsp3) is 0.200. The molecule has 150 valence electrons. The molecule has 0 fully saturated rings. The predicted octanol–water partition coefficient (Wildman–Crippen LogP) is 5.45. The van der Waals surface area contributed by atoms with Crippen LogP contribution >= 0.6 is 0 Å². The van der Waals surface area contributed by atoms with Crippen LogP contribution in [0.3, 0.4) is 0 Å². The van der Waals surface area contributed by atoms with Gasteiger partial charge in [0.15, 0.2) is 0 Å². The van der Waals surface area contributed by atoms with E-state index in [9.17, 15) is 14.7 Å². The summed E-state index contributed by atoms with van der Waals surface area (Å²) in [5.41, 5.74) is 5.38. The molecule has 0 saturated carbocycles. The van der Waals surface area contributed by atoms with Gasteiger partial charge in [0.05, 0.1) is 11.1 Å². The summed E-state index contributed by atoms with van der Waals surface area (Å²) >= 11 is 0. The number of carbonyl (C=O) groups excluding carboxylic acids is 1. The van der Waals surface area contributed by atoms with Crippen LogP contribution in [-0.2, 0) is 37.0 Å². The van der Waals surface area contributed by atoms with Crippen molar-refractivity contribution < 1.29 is 45.3 Å². The van der Waals surface area contributed by atoms with Crippen molar-refractivity contribution in [1.82, 2.24) is 0 Å². The van der Waals surface area contributed by atoms with E-state index < -0.39 is 11.9 Å². The van der Waals surface area contributed by atoms with Crippen LogP contribution in [0, 0.1) is 12.8 Å². The van der Waals surface area contributed by atoms with E-state index in [1.165, 1.54) is 11.6 Å². The average Bonchev–Trinajstić information content (AvgIpc) is 3.03. The van der Waals surface area contributed by atoms with Crippen molar-refractivity contribution in [1.29, 1.82) is 0 Å². The number of aromatic carboxylic acids is 1. The molecule has 3 aromatic carbocycles. The molecule has 2 atom stereocenters. The van der Waals surface area contributed by atoms with Gasteiger partial charge in [0, 0.05) is 31.8 Å². The smallest absolute Gasteiger partial charge is 0.339 e. The first-order valence-corrected chi connectivity index (χ1v) is 9.68. The molecular formula is C25H22HfO4. The minimum absolute atomic E-state index is 0. The van der Waals surface area contributed by atoms with E-state index in [-0.39, 0.29) is 43.4 Å². The van der Waals surface area contributed by atoms with E-state index in [0.29, 0.717) is 11.1 Å². The molecule has 0 saturated heterocycles. The van der Waals surface area contributed by atoms with Gasteiger partial charge in [0.1, 0.15) is 6.10 Å². The Labute approximate surface area is 194 Å². The van der Waals surface area contributed by atoms with Gasteiger partial charge in [-0.25, -0.2) is 9.59 Å². The monoisotopic (exact) mass is 566 g/mol. The number of esters is 1. The Bertz CT molecular complexity index is 1090. The molecule has 30 heavy (non-hydrogen) atoms. The Morgan fingerprint density at radius 1 is 0.933 bits per heavy atom. The Morgan fingerprint density at radius 2 is 1.60 bits per heavy atom. The second kappa shape index (κ2) is 9.09. The fourth-order valence-electron chi connectivity index (χ4n) is 4.17. The molecule has 0 amide bonds. The van der Waals surface area contributed by atoms with Crippen LogP contribution in [0.15, 0.2) is 66.7 Å². The summed E-state index contributed by atoms with van der Waals surface area (Å²) in [6.07, 6.45) is 0.473. The summed E-state index contributed by atoms with van der Waals surface area (Å²) in [7, 11) is 0. The van der Waals surface area contributed by atoms with E-state index >= 15 is 0 Å². The van der Waals surface area contributed by atoms with Crippen LogP contribution in [0.2, 0.25) is 0 Å². The van der Waals surface area contributed by atoms with Crippen molar-refractivity contribution in [3.8, 4) is 11.1 Å². The fourth-order valence-corrected chi connectivity index (χ4v) is 4.17. The van der Waals surface area contributed by atoms with Crippen molar-refractivity contribution in [3.05, 3.63) is 94.5 Å². The van der Waals surface area contributed by atoms with Gasteiger partial charge in [-0.05, 0) is 53.3 Å². The van der Waals surface area contributed by atoms with Crippen LogP contribution < -0.4 is 0 Å². The molecule has 5 heteroatoms. The van der Waals surface area contributed by atoms with Crippen molar-refractivity contribution in [3.63, 3.8) is 0 Å². The zero-order valence-corrected chi connectivity index (χ0v) is 20.5. The molecule has 3 aromatic rings. The van der Waals surface area contributed by atoms with Crippen molar-refractivity contribution >= 4 is 11.9 Å². The molecule has 0 aliphatic heterocycles. The molecule has 1 N–H and O–H groups in total. The quantitative estimate of drug-likeness (QED) is 0.338. The number of rotatable bonds is 4. The van der Waals surface area contributed by atoms with Gasteiger partial charge in [0.2, 0.25) is 0 Å². The topological polar surface area (TPSA) is 63.6 Å². The second-order valence-electron chi connectivity index (χ2n) is 7.53. The van der Waals surface area contributed by atoms with E-state index in [4.69, 9.17) is 4.74 Å². The van der Waals surface area contributed by atoms with Gasteiger partial charge in [0.25, 0.3) is 0 Å². The van der Waals surface area contributed by atoms with E-state index in [1.54, 1.807) is 19.1 Å². The van der Waals surface area contributed by atoms with Crippen LogP contribution in [0.5, 0.6) is 0 Å². The van der Waals surface area contributed by atoms with Crippen molar-refractivity contribution in [2.45, 2.75) is 26.4 Å². The summed E-state index contributed by atoms with van der Waals surface area (Å²) in [5.74, 6) is -1.40. The van der Waals surface area contributed by atoms with Crippen LogP contribution in [0.4, 0.5) is 0 Å². The SMILES string of the molecule is Cc1c(C(=O)O)cccc1C(=O)OC1c2cccc(-c3ccccc3)c2CC1C.[Hf]. The minimum Gasteiger partial charge on any atom is -0.478 e. The first kappa shape index (κ1) is 22.2. The number of benzene rings is 3. The Morgan fingerprint density at radius 3 is 2.30 bits per heavy atom. The van der Waals surface area contributed by atoms with Crippen LogP contribution in [0.1, 0.15) is 50.4 Å². The molecule has 4 rings (SSSR count). The maximum absolute atomic E-state index is 12.9. The molecule has 0 bridgehead atoms. The number of hydrogen-bond acceptors (Lipinski definition) is 3. The summed E-state index contributed by atoms with van der Waals surface area (Å²) in [4.78, 5) is 24.3. The number of carbonyl (C=O) groups is 2. The molecule has 1 aliphatic rings. The van der Waals surface area contributed by atoms with Crippen molar-refractivity contribution in [2.75, 3.05) is 0 Å². The Hall–Kier alpha value is -2.53. The summed E-state index contributed by atoms with van der Waals surface area (Å²) < 4.78 is 5.91. The number of fused-ring (bicyclic) bond motifs is 1. The molecule has 0 spiro atoms. The number of carboxylic acids is 1. The van der Waals surface area contributed by atoms with Gasteiger partial charge in [-0.2, -0.15) is 0 Å². The third-order valence-electron chi connectivity index (χ3n) is 5.66. The van der Waals surface area contributed by atoms with Crippen molar-refractivity contribution in [2.24, 2.45) is 5.92 Å². The predicted molar refractivity (Wildman–Crippen MR) is 111 cm³/mol. The number of carboxylic acid groups (broad SMARTS) is 1. The van der Waals surface area contributed by atoms with E-state index in [0.717, 1.165) is 23.1 Å². The third-order valence-corrected chi connectivity index (χ3v) is 5.66. The summed E-state index contributed by atoms with van der Waals surface area (Å²) in [6.45, 7) is 3.72. The maximum Gasteiger partial charge on any atom is 0.339 e. The van der Waals surface area contributed by atoms with Gasteiger partial charge in [-0.15, -0.1) is 0 Å². The molecule has 0 radical (unpaired) electrons. The minimum atomic E-state index is -1.05.